The number of benzene rings is 2. The van der Waals surface area contributed by atoms with Crippen molar-refractivity contribution < 1.29 is 0 Å². The van der Waals surface area contributed by atoms with Crippen LogP contribution in [0.3, 0.4) is 0 Å². The van der Waals surface area contributed by atoms with Crippen LogP contribution in [0, 0.1) is 0 Å². The summed E-state index contributed by atoms with van der Waals surface area (Å²) < 4.78 is 0. The molecule has 0 saturated carbocycles. The Bertz CT molecular complexity index is 726. The van der Waals surface area contributed by atoms with Crippen LogP contribution in [0.25, 0.3) is 0 Å². The maximum absolute atomic E-state index is 6.21. The van der Waals surface area contributed by atoms with Crippen LogP contribution in [0.5, 0.6) is 0 Å². The first kappa shape index (κ1) is 13.8. The van der Waals surface area contributed by atoms with E-state index in [1.165, 1.54) is 16.7 Å². The summed E-state index contributed by atoms with van der Waals surface area (Å²) in [7, 11) is 0. The maximum atomic E-state index is 6.21. The molecule has 0 amide bonds. The van der Waals surface area contributed by atoms with Crippen molar-refractivity contribution in [2.45, 2.75) is 12.6 Å². The number of amidine groups is 1. The van der Waals surface area contributed by atoms with Gasteiger partial charge in [-0.3, -0.25) is 9.89 Å². The van der Waals surface area contributed by atoms with E-state index >= 15 is 0 Å². The van der Waals surface area contributed by atoms with E-state index in [0.717, 1.165) is 37.0 Å². The second kappa shape index (κ2) is 5.75. The van der Waals surface area contributed by atoms with Gasteiger partial charge in [0.2, 0.25) is 0 Å². The second-order valence-corrected chi connectivity index (χ2v) is 6.25. The highest BCUT2D eigenvalue weighted by molar-refractivity contribution is 6.30. The van der Waals surface area contributed by atoms with Gasteiger partial charge in [-0.25, -0.2) is 0 Å². The standard InChI is InChI=1S/C18H18ClN3/c19-15-6-3-5-13(10-15)18-16-7-2-1-4-14(16)11-22(18)12-17-20-8-9-21-17/h1-7,10,18H,8-9,11-12H2,(H,20,21). The van der Waals surface area contributed by atoms with E-state index in [9.17, 15) is 0 Å². The predicted octanol–water partition coefficient (Wildman–Crippen LogP) is 3.25. The van der Waals surface area contributed by atoms with Gasteiger partial charge in [-0.1, -0.05) is 48.0 Å². The molecule has 0 saturated heterocycles. The van der Waals surface area contributed by atoms with Crippen molar-refractivity contribution in [1.29, 1.82) is 0 Å². The fourth-order valence-electron chi connectivity index (χ4n) is 3.41. The average Bonchev–Trinajstić information content (AvgIpc) is 3.14. The molecule has 0 aromatic heterocycles. The van der Waals surface area contributed by atoms with E-state index in [1.807, 2.05) is 12.1 Å². The summed E-state index contributed by atoms with van der Waals surface area (Å²) >= 11 is 6.21. The summed E-state index contributed by atoms with van der Waals surface area (Å²) in [6, 6.07) is 17.1. The molecule has 1 unspecified atom stereocenters. The fourth-order valence-corrected chi connectivity index (χ4v) is 3.61. The molecule has 2 aliphatic heterocycles. The Labute approximate surface area is 135 Å². The Kier molecular flexibility index (Phi) is 3.60. The molecule has 0 fully saturated rings. The molecule has 1 atom stereocenters. The topological polar surface area (TPSA) is 27.6 Å². The van der Waals surface area contributed by atoms with Crippen LogP contribution in [0.4, 0.5) is 0 Å². The first-order valence-electron chi connectivity index (χ1n) is 7.66. The molecule has 1 N–H and O–H groups in total. The normalized spacial score (nSPS) is 20.6. The Morgan fingerprint density at radius 3 is 2.91 bits per heavy atom. The molecule has 0 radical (unpaired) electrons. The minimum absolute atomic E-state index is 0.250. The summed E-state index contributed by atoms with van der Waals surface area (Å²) in [6.07, 6.45) is 0. The highest BCUT2D eigenvalue weighted by atomic mass is 35.5. The van der Waals surface area contributed by atoms with Crippen LogP contribution in [0.2, 0.25) is 5.02 Å². The third-order valence-corrected chi connectivity index (χ3v) is 4.58. The molecular weight excluding hydrogens is 294 g/mol. The molecule has 2 aromatic rings. The number of hydrogen-bond acceptors (Lipinski definition) is 3. The molecule has 3 nitrogen and oxygen atoms in total. The molecule has 0 spiro atoms. The Balaban J connectivity index is 1.72. The number of fused-ring (bicyclic) bond motifs is 1. The summed E-state index contributed by atoms with van der Waals surface area (Å²) in [5.41, 5.74) is 4.02. The lowest BCUT2D eigenvalue weighted by molar-refractivity contribution is 0.279. The molecule has 0 bridgehead atoms. The molecule has 2 aliphatic rings. The molecule has 0 aliphatic carbocycles. The molecule has 2 aromatic carbocycles. The van der Waals surface area contributed by atoms with Gasteiger partial charge in [-0.15, -0.1) is 0 Å². The van der Waals surface area contributed by atoms with Crippen molar-refractivity contribution in [2.24, 2.45) is 4.99 Å². The minimum Gasteiger partial charge on any atom is -0.371 e. The zero-order valence-corrected chi connectivity index (χ0v) is 13.1. The fraction of sp³-hybridized carbons (Fsp3) is 0.278. The second-order valence-electron chi connectivity index (χ2n) is 5.82. The number of halogens is 1. The first-order chi connectivity index (χ1) is 10.8. The van der Waals surface area contributed by atoms with Crippen molar-refractivity contribution in [3.63, 3.8) is 0 Å². The smallest absolute Gasteiger partial charge is 0.111 e. The molecule has 22 heavy (non-hydrogen) atoms. The lowest BCUT2D eigenvalue weighted by Crippen LogP contribution is -2.34. The van der Waals surface area contributed by atoms with Crippen molar-refractivity contribution >= 4 is 17.4 Å². The minimum atomic E-state index is 0.250. The highest BCUT2D eigenvalue weighted by Gasteiger charge is 2.32. The zero-order chi connectivity index (χ0) is 14.9. The zero-order valence-electron chi connectivity index (χ0n) is 12.3. The summed E-state index contributed by atoms with van der Waals surface area (Å²) in [6.45, 7) is 3.65. The third kappa shape index (κ3) is 2.51. The third-order valence-electron chi connectivity index (χ3n) is 4.35. The summed E-state index contributed by atoms with van der Waals surface area (Å²) in [5, 5.41) is 4.17. The SMILES string of the molecule is Clc1cccc(C2c3ccccc3CN2CC2=NCCN2)c1. The predicted molar refractivity (Wildman–Crippen MR) is 90.5 cm³/mol. The number of nitrogens with zero attached hydrogens (tertiary/aromatic N) is 2. The van der Waals surface area contributed by atoms with Gasteiger partial charge in [0.25, 0.3) is 0 Å². The van der Waals surface area contributed by atoms with Crippen molar-refractivity contribution in [1.82, 2.24) is 10.2 Å². The van der Waals surface area contributed by atoms with E-state index in [0.29, 0.717) is 0 Å². The lowest BCUT2D eigenvalue weighted by Gasteiger charge is -2.25. The van der Waals surface area contributed by atoms with E-state index in [1.54, 1.807) is 0 Å². The van der Waals surface area contributed by atoms with E-state index in [-0.39, 0.29) is 6.04 Å². The Morgan fingerprint density at radius 1 is 1.18 bits per heavy atom. The largest absolute Gasteiger partial charge is 0.371 e. The van der Waals surface area contributed by atoms with Gasteiger partial charge >= 0.3 is 0 Å². The molecule has 2 heterocycles. The summed E-state index contributed by atoms with van der Waals surface area (Å²) in [4.78, 5) is 7.01. The number of hydrogen-bond donors (Lipinski definition) is 1. The monoisotopic (exact) mass is 311 g/mol. The number of nitrogens with one attached hydrogen (secondary N) is 1. The van der Waals surface area contributed by atoms with Crippen LogP contribution in [-0.2, 0) is 6.54 Å². The Morgan fingerprint density at radius 2 is 2.09 bits per heavy atom. The average molecular weight is 312 g/mol. The van der Waals surface area contributed by atoms with Crippen LogP contribution < -0.4 is 5.32 Å². The van der Waals surface area contributed by atoms with Gasteiger partial charge in [0, 0.05) is 18.1 Å². The molecule has 112 valence electrons. The van der Waals surface area contributed by atoms with E-state index in [4.69, 9.17) is 11.6 Å². The molecule has 4 heteroatoms. The quantitative estimate of drug-likeness (QED) is 0.942. The number of aliphatic imine (C=N–C) groups is 1. The van der Waals surface area contributed by atoms with E-state index in [2.05, 4.69) is 51.6 Å². The van der Waals surface area contributed by atoms with Crippen LogP contribution in [0.15, 0.2) is 53.5 Å². The van der Waals surface area contributed by atoms with Crippen molar-refractivity contribution in [3.8, 4) is 0 Å². The first-order valence-corrected chi connectivity index (χ1v) is 8.03. The lowest BCUT2D eigenvalue weighted by atomic mass is 9.98. The van der Waals surface area contributed by atoms with Gasteiger partial charge in [0.05, 0.1) is 19.1 Å². The number of rotatable bonds is 3. The van der Waals surface area contributed by atoms with Crippen LogP contribution in [-0.4, -0.2) is 30.4 Å². The maximum Gasteiger partial charge on any atom is 0.111 e. The van der Waals surface area contributed by atoms with Gasteiger partial charge in [-0.05, 0) is 28.8 Å². The van der Waals surface area contributed by atoms with Crippen molar-refractivity contribution in [3.05, 3.63) is 70.2 Å². The van der Waals surface area contributed by atoms with Crippen LogP contribution >= 0.6 is 11.6 Å². The molecule has 4 rings (SSSR count). The van der Waals surface area contributed by atoms with Crippen LogP contribution in [0.1, 0.15) is 22.7 Å². The Hall–Kier alpha value is -1.84. The van der Waals surface area contributed by atoms with Gasteiger partial charge in [0.15, 0.2) is 0 Å². The summed E-state index contributed by atoms with van der Waals surface area (Å²) in [5.74, 6) is 1.10. The van der Waals surface area contributed by atoms with Crippen molar-refractivity contribution in [2.75, 3.05) is 19.6 Å². The molecular formula is C18H18ClN3. The van der Waals surface area contributed by atoms with Gasteiger partial charge in [-0.2, -0.15) is 0 Å². The van der Waals surface area contributed by atoms with Gasteiger partial charge in [0.1, 0.15) is 5.84 Å². The highest BCUT2D eigenvalue weighted by Crippen LogP contribution is 2.38. The van der Waals surface area contributed by atoms with E-state index < -0.39 is 0 Å². The van der Waals surface area contributed by atoms with Gasteiger partial charge < -0.3 is 5.32 Å².